The maximum Gasteiger partial charge on any atom is 0.275 e. The average molecular weight is 338 g/mol. The molecule has 0 atom stereocenters. The number of amidine groups is 1. The zero-order chi connectivity index (χ0) is 17.6. The summed E-state index contributed by atoms with van der Waals surface area (Å²) < 4.78 is 18.9. The molecule has 25 heavy (non-hydrogen) atoms. The first-order chi connectivity index (χ1) is 12.2. The van der Waals surface area contributed by atoms with E-state index in [0.29, 0.717) is 23.7 Å². The molecule has 1 heterocycles. The molecule has 0 unspecified atom stereocenters. The molecule has 3 rings (SSSR count). The van der Waals surface area contributed by atoms with Crippen LogP contribution in [0.2, 0.25) is 0 Å². The minimum atomic E-state index is -0.370. The fraction of sp³-hybridized carbons (Fsp3) is 0.200. The molecule has 2 aromatic carbocycles. The molecule has 0 aromatic heterocycles. The van der Waals surface area contributed by atoms with E-state index in [1.54, 1.807) is 18.2 Å². The molecule has 5 heteroatoms. The molecular formula is C20H19FN2O2. The van der Waals surface area contributed by atoms with Crippen LogP contribution in [-0.2, 0) is 4.79 Å². The zero-order valence-corrected chi connectivity index (χ0v) is 14.0. The number of rotatable bonds is 6. The quantitative estimate of drug-likeness (QED) is 0.641. The number of ether oxygens (including phenoxy) is 1. The van der Waals surface area contributed by atoms with Gasteiger partial charge >= 0.3 is 0 Å². The molecule has 1 amide bonds. The smallest absolute Gasteiger partial charge is 0.275 e. The van der Waals surface area contributed by atoms with Crippen molar-refractivity contribution in [3.8, 4) is 5.75 Å². The van der Waals surface area contributed by atoms with Gasteiger partial charge in [0.25, 0.3) is 5.91 Å². The van der Waals surface area contributed by atoms with Crippen LogP contribution in [0.3, 0.4) is 0 Å². The van der Waals surface area contributed by atoms with Gasteiger partial charge in [0, 0.05) is 5.56 Å². The number of halogens is 1. The highest BCUT2D eigenvalue weighted by Crippen LogP contribution is 2.18. The Hall–Kier alpha value is -2.95. The Morgan fingerprint density at radius 3 is 2.72 bits per heavy atom. The Kier molecular flexibility index (Phi) is 5.23. The number of unbranched alkanes of at least 4 members (excludes halogenated alkanes) is 1. The highest BCUT2D eigenvalue weighted by molar-refractivity contribution is 6.19. The summed E-state index contributed by atoms with van der Waals surface area (Å²) in [7, 11) is 0. The maximum atomic E-state index is 13.3. The lowest BCUT2D eigenvalue weighted by molar-refractivity contribution is -0.115. The largest absolute Gasteiger partial charge is 0.494 e. The minimum Gasteiger partial charge on any atom is -0.494 e. The molecular weight excluding hydrogens is 319 g/mol. The SMILES string of the molecule is CCCCOc1ccc(/C=C2\N=C(c3cccc(F)c3)NC2=O)cc1. The number of nitrogens with zero attached hydrogens (tertiary/aromatic N) is 1. The van der Waals surface area contributed by atoms with Crippen molar-refractivity contribution >= 4 is 17.8 Å². The van der Waals surface area contributed by atoms with E-state index < -0.39 is 0 Å². The number of carbonyl (C=O) groups excluding carboxylic acids is 1. The van der Waals surface area contributed by atoms with Gasteiger partial charge in [0.15, 0.2) is 0 Å². The number of aliphatic imine (C=N–C) groups is 1. The number of benzene rings is 2. The first-order valence-corrected chi connectivity index (χ1v) is 8.26. The van der Waals surface area contributed by atoms with Crippen LogP contribution in [0.1, 0.15) is 30.9 Å². The summed E-state index contributed by atoms with van der Waals surface area (Å²) in [6, 6.07) is 13.4. The molecule has 1 N–H and O–H groups in total. The molecule has 0 saturated heterocycles. The van der Waals surface area contributed by atoms with Crippen molar-refractivity contribution < 1.29 is 13.9 Å². The lowest BCUT2D eigenvalue weighted by atomic mass is 10.2. The normalized spacial score (nSPS) is 15.2. The van der Waals surface area contributed by atoms with Crippen molar-refractivity contribution in [1.29, 1.82) is 0 Å². The van der Waals surface area contributed by atoms with Crippen molar-refractivity contribution in [2.24, 2.45) is 4.99 Å². The molecule has 0 fully saturated rings. The fourth-order valence-electron chi connectivity index (χ4n) is 2.39. The van der Waals surface area contributed by atoms with Crippen molar-refractivity contribution in [2.75, 3.05) is 6.61 Å². The summed E-state index contributed by atoms with van der Waals surface area (Å²) in [6.45, 7) is 2.81. The van der Waals surface area contributed by atoms with E-state index in [1.807, 2.05) is 24.3 Å². The molecule has 2 aromatic rings. The molecule has 0 saturated carbocycles. The van der Waals surface area contributed by atoms with Gasteiger partial charge in [-0.25, -0.2) is 9.38 Å². The Morgan fingerprint density at radius 2 is 2.00 bits per heavy atom. The molecule has 0 bridgehead atoms. The molecule has 4 nitrogen and oxygen atoms in total. The molecule has 0 spiro atoms. The number of nitrogens with one attached hydrogen (secondary N) is 1. The number of hydrogen-bond donors (Lipinski definition) is 1. The average Bonchev–Trinajstić information content (AvgIpc) is 2.97. The van der Waals surface area contributed by atoms with E-state index in [4.69, 9.17) is 4.74 Å². The maximum absolute atomic E-state index is 13.3. The third kappa shape index (κ3) is 4.32. The van der Waals surface area contributed by atoms with Gasteiger partial charge in [0.1, 0.15) is 23.1 Å². The molecule has 128 valence electrons. The highest BCUT2D eigenvalue weighted by atomic mass is 19.1. The number of amides is 1. The third-order valence-corrected chi connectivity index (χ3v) is 3.74. The van der Waals surface area contributed by atoms with Crippen LogP contribution in [-0.4, -0.2) is 18.3 Å². The van der Waals surface area contributed by atoms with Crippen LogP contribution in [0.15, 0.2) is 59.2 Å². The summed E-state index contributed by atoms with van der Waals surface area (Å²) in [5, 5.41) is 2.66. The van der Waals surface area contributed by atoms with Gasteiger partial charge in [-0.2, -0.15) is 0 Å². The Bertz CT molecular complexity index is 826. The second kappa shape index (κ2) is 7.75. The Balaban J connectivity index is 1.75. The van der Waals surface area contributed by atoms with Gasteiger partial charge in [0.05, 0.1) is 6.61 Å². The molecule has 1 aliphatic rings. The van der Waals surface area contributed by atoms with Crippen LogP contribution in [0.5, 0.6) is 5.75 Å². The van der Waals surface area contributed by atoms with Gasteiger partial charge in [-0.05, 0) is 42.3 Å². The predicted octanol–water partition coefficient (Wildman–Crippen LogP) is 3.92. The third-order valence-electron chi connectivity index (χ3n) is 3.74. The van der Waals surface area contributed by atoms with E-state index >= 15 is 0 Å². The summed E-state index contributed by atoms with van der Waals surface area (Å²) in [5.74, 6) is 0.485. The van der Waals surface area contributed by atoms with E-state index in [9.17, 15) is 9.18 Å². The lowest BCUT2D eigenvalue weighted by Crippen LogP contribution is -2.24. The van der Waals surface area contributed by atoms with E-state index in [-0.39, 0.29) is 11.7 Å². The topological polar surface area (TPSA) is 50.7 Å². The lowest BCUT2D eigenvalue weighted by Gasteiger charge is -2.05. The van der Waals surface area contributed by atoms with Crippen LogP contribution in [0.25, 0.3) is 6.08 Å². The number of hydrogen-bond acceptors (Lipinski definition) is 3. The van der Waals surface area contributed by atoms with E-state index in [2.05, 4.69) is 17.2 Å². The highest BCUT2D eigenvalue weighted by Gasteiger charge is 2.21. The fourth-order valence-corrected chi connectivity index (χ4v) is 2.39. The first-order valence-electron chi connectivity index (χ1n) is 8.26. The summed E-state index contributed by atoms with van der Waals surface area (Å²) in [5.41, 5.74) is 1.67. The molecule has 1 aliphatic heterocycles. The predicted molar refractivity (Wildman–Crippen MR) is 95.9 cm³/mol. The van der Waals surface area contributed by atoms with Crippen LogP contribution in [0.4, 0.5) is 4.39 Å². The molecule has 0 radical (unpaired) electrons. The van der Waals surface area contributed by atoms with Crippen molar-refractivity contribution in [3.63, 3.8) is 0 Å². The second-order valence-electron chi connectivity index (χ2n) is 5.73. The first kappa shape index (κ1) is 16.9. The van der Waals surface area contributed by atoms with E-state index in [1.165, 1.54) is 12.1 Å². The zero-order valence-electron chi connectivity index (χ0n) is 14.0. The van der Waals surface area contributed by atoms with Crippen LogP contribution in [0, 0.1) is 5.82 Å². The minimum absolute atomic E-state index is 0.291. The standard InChI is InChI=1S/C20H19FN2O2/c1-2-3-11-25-17-9-7-14(8-10-17)12-18-20(24)23-19(22-18)15-5-4-6-16(21)13-15/h4-10,12-13H,2-3,11H2,1H3,(H,22,23,24)/b18-12-. The van der Waals surface area contributed by atoms with Gasteiger partial charge in [0.2, 0.25) is 0 Å². The summed E-state index contributed by atoms with van der Waals surface area (Å²) in [6.07, 6.45) is 3.80. The van der Waals surface area contributed by atoms with Crippen molar-refractivity contribution in [1.82, 2.24) is 5.32 Å². The van der Waals surface area contributed by atoms with Crippen LogP contribution < -0.4 is 10.1 Å². The Labute approximate surface area is 146 Å². The van der Waals surface area contributed by atoms with Gasteiger partial charge in [-0.15, -0.1) is 0 Å². The van der Waals surface area contributed by atoms with Crippen molar-refractivity contribution in [3.05, 3.63) is 71.2 Å². The summed E-state index contributed by atoms with van der Waals surface area (Å²) in [4.78, 5) is 16.4. The summed E-state index contributed by atoms with van der Waals surface area (Å²) >= 11 is 0. The Morgan fingerprint density at radius 1 is 1.20 bits per heavy atom. The number of carbonyl (C=O) groups is 1. The monoisotopic (exact) mass is 338 g/mol. The van der Waals surface area contributed by atoms with Gasteiger partial charge in [-0.1, -0.05) is 37.6 Å². The van der Waals surface area contributed by atoms with Gasteiger partial charge in [-0.3, -0.25) is 4.79 Å². The van der Waals surface area contributed by atoms with Gasteiger partial charge < -0.3 is 10.1 Å². The second-order valence-corrected chi connectivity index (χ2v) is 5.73. The molecule has 0 aliphatic carbocycles. The van der Waals surface area contributed by atoms with Crippen molar-refractivity contribution in [2.45, 2.75) is 19.8 Å². The van der Waals surface area contributed by atoms with Crippen LogP contribution >= 0.6 is 0 Å². The van der Waals surface area contributed by atoms with E-state index in [0.717, 1.165) is 24.2 Å².